The highest BCUT2D eigenvalue weighted by Crippen LogP contribution is 2.26. The highest BCUT2D eigenvalue weighted by atomic mass is 32.2. The molecule has 2 rings (SSSR count). The zero-order valence-electron chi connectivity index (χ0n) is 12.9. The molecule has 0 N–H and O–H groups in total. The summed E-state index contributed by atoms with van der Waals surface area (Å²) < 4.78 is 27.5. The maximum Gasteiger partial charge on any atom is 0.243 e. The number of hydrogen-bond acceptors (Lipinski definition) is 2. The van der Waals surface area contributed by atoms with Crippen LogP contribution in [0.25, 0.3) is 10.8 Å². The molecule has 4 heteroatoms. The zero-order chi connectivity index (χ0) is 15.5. The van der Waals surface area contributed by atoms with Gasteiger partial charge < -0.3 is 0 Å². The van der Waals surface area contributed by atoms with Crippen LogP contribution in [0.15, 0.2) is 47.4 Å². The van der Waals surface area contributed by atoms with Crippen LogP contribution in [0.2, 0.25) is 0 Å². The molecular formula is C17H23NO2S. The third-order valence-electron chi connectivity index (χ3n) is 3.93. The molecule has 0 fully saturated rings. The van der Waals surface area contributed by atoms with E-state index in [-0.39, 0.29) is 0 Å². The quantitative estimate of drug-likeness (QED) is 0.812. The maximum absolute atomic E-state index is 13.0. The molecule has 0 spiro atoms. The van der Waals surface area contributed by atoms with Crippen LogP contribution in [0.4, 0.5) is 0 Å². The van der Waals surface area contributed by atoms with Crippen molar-refractivity contribution in [3.8, 4) is 0 Å². The van der Waals surface area contributed by atoms with Crippen LogP contribution in [0.5, 0.6) is 0 Å². The number of benzene rings is 2. The molecule has 1 atom stereocenters. The summed E-state index contributed by atoms with van der Waals surface area (Å²) in [4.78, 5) is 0.408. The number of rotatable bonds is 6. The van der Waals surface area contributed by atoms with Gasteiger partial charge in [0.25, 0.3) is 0 Å². The third kappa shape index (κ3) is 3.27. The average Bonchev–Trinajstić information content (AvgIpc) is 2.51. The van der Waals surface area contributed by atoms with E-state index in [0.29, 0.717) is 23.9 Å². The predicted molar refractivity (Wildman–Crippen MR) is 87.8 cm³/mol. The van der Waals surface area contributed by atoms with Gasteiger partial charge in [0.1, 0.15) is 0 Å². The van der Waals surface area contributed by atoms with Gasteiger partial charge in [0.2, 0.25) is 10.0 Å². The van der Waals surface area contributed by atoms with E-state index in [0.717, 1.165) is 17.2 Å². The summed E-state index contributed by atoms with van der Waals surface area (Å²) in [6, 6.07) is 13.1. The Balaban J connectivity index is 2.50. The molecule has 0 amide bonds. The maximum atomic E-state index is 13.0. The monoisotopic (exact) mass is 305 g/mol. The lowest BCUT2D eigenvalue weighted by Gasteiger charge is -2.24. The van der Waals surface area contributed by atoms with Crippen LogP contribution in [-0.2, 0) is 10.0 Å². The first-order valence-corrected chi connectivity index (χ1v) is 8.92. The Morgan fingerprint density at radius 1 is 1.05 bits per heavy atom. The summed E-state index contributed by atoms with van der Waals surface area (Å²) in [6.45, 7) is 7.13. The second-order valence-corrected chi connectivity index (χ2v) is 7.35. The fourth-order valence-corrected chi connectivity index (χ4v) is 4.22. The van der Waals surface area contributed by atoms with Crippen molar-refractivity contribution in [1.29, 1.82) is 0 Å². The van der Waals surface area contributed by atoms with E-state index in [2.05, 4.69) is 13.8 Å². The van der Waals surface area contributed by atoms with E-state index in [9.17, 15) is 8.42 Å². The molecule has 0 saturated carbocycles. The lowest BCUT2D eigenvalue weighted by atomic mass is 10.1. The number of sulfonamides is 1. The zero-order valence-corrected chi connectivity index (χ0v) is 13.7. The third-order valence-corrected chi connectivity index (χ3v) is 5.93. The van der Waals surface area contributed by atoms with Gasteiger partial charge in [0.05, 0.1) is 4.90 Å². The van der Waals surface area contributed by atoms with Crippen LogP contribution in [0, 0.1) is 5.92 Å². The average molecular weight is 305 g/mol. The molecule has 0 saturated heterocycles. The predicted octanol–water partition coefficient (Wildman–Crippen LogP) is 3.90. The Kier molecular flexibility index (Phi) is 5.01. The van der Waals surface area contributed by atoms with Gasteiger partial charge in [-0.2, -0.15) is 4.31 Å². The van der Waals surface area contributed by atoms with Crippen LogP contribution >= 0.6 is 0 Å². The topological polar surface area (TPSA) is 37.4 Å². The largest absolute Gasteiger partial charge is 0.243 e. The molecular weight excluding hydrogens is 282 g/mol. The summed E-state index contributed by atoms with van der Waals surface area (Å²) in [5, 5.41) is 1.75. The molecule has 1 unspecified atom stereocenters. The van der Waals surface area contributed by atoms with Gasteiger partial charge in [-0.15, -0.1) is 0 Å². The first kappa shape index (κ1) is 16.0. The van der Waals surface area contributed by atoms with Gasteiger partial charge in [-0.05, 0) is 17.4 Å². The molecule has 114 valence electrons. The Labute approximate surface area is 127 Å². The van der Waals surface area contributed by atoms with Crippen molar-refractivity contribution in [3.63, 3.8) is 0 Å². The van der Waals surface area contributed by atoms with Crippen molar-refractivity contribution in [2.24, 2.45) is 5.92 Å². The fourth-order valence-electron chi connectivity index (χ4n) is 2.43. The molecule has 0 radical (unpaired) electrons. The van der Waals surface area contributed by atoms with E-state index >= 15 is 0 Å². The Morgan fingerprint density at radius 3 is 2.38 bits per heavy atom. The molecule has 0 aliphatic heterocycles. The van der Waals surface area contributed by atoms with E-state index < -0.39 is 10.0 Å². The minimum atomic E-state index is -3.45. The molecule has 0 aromatic heterocycles. The van der Waals surface area contributed by atoms with Gasteiger partial charge >= 0.3 is 0 Å². The number of hydrogen-bond donors (Lipinski definition) is 0. The first-order chi connectivity index (χ1) is 10.0. The SMILES string of the molecule is CCC(C)CN(CC)S(=O)(=O)c1cccc2ccccc12. The highest BCUT2D eigenvalue weighted by molar-refractivity contribution is 7.89. The Hall–Kier alpha value is -1.39. The molecule has 0 aliphatic carbocycles. The van der Waals surface area contributed by atoms with Gasteiger partial charge in [-0.3, -0.25) is 0 Å². The molecule has 0 heterocycles. The van der Waals surface area contributed by atoms with Crippen LogP contribution in [-0.4, -0.2) is 25.8 Å². The van der Waals surface area contributed by atoms with E-state index in [4.69, 9.17) is 0 Å². The van der Waals surface area contributed by atoms with Crippen molar-refractivity contribution >= 4 is 20.8 Å². The number of nitrogens with zero attached hydrogens (tertiary/aromatic N) is 1. The summed E-state index contributed by atoms with van der Waals surface area (Å²) in [7, 11) is -3.45. The van der Waals surface area contributed by atoms with Crippen LogP contribution in [0.1, 0.15) is 27.2 Å². The van der Waals surface area contributed by atoms with Crippen molar-refractivity contribution in [2.45, 2.75) is 32.1 Å². The van der Waals surface area contributed by atoms with Gasteiger partial charge in [-0.25, -0.2) is 8.42 Å². The van der Waals surface area contributed by atoms with E-state index in [1.54, 1.807) is 10.4 Å². The molecule has 0 bridgehead atoms. The molecule has 2 aromatic rings. The van der Waals surface area contributed by atoms with E-state index in [1.165, 1.54) is 0 Å². The van der Waals surface area contributed by atoms with Crippen LogP contribution in [0.3, 0.4) is 0 Å². The Morgan fingerprint density at radius 2 is 1.71 bits per heavy atom. The second kappa shape index (κ2) is 6.58. The van der Waals surface area contributed by atoms with Gasteiger partial charge in [-0.1, -0.05) is 63.6 Å². The van der Waals surface area contributed by atoms with Crippen molar-refractivity contribution < 1.29 is 8.42 Å². The minimum Gasteiger partial charge on any atom is -0.207 e. The summed E-state index contributed by atoms with van der Waals surface area (Å²) >= 11 is 0. The summed E-state index contributed by atoms with van der Waals surface area (Å²) in [6.07, 6.45) is 0.974. The summed E-state index contributed by atoms with van der Waals surface area (Å²) in [5.74, 6) is 0.356. The number of fused-ring (bicyclic) bond motifs is 1. The standard InChI is InChI=1S/C17H23NO2S/c1-4-14(3)13-18(5-2)21(19,20)17-12-8-10-15-9-6-7-11-16(15)17/h6-12,14H,4-5,13H2,1-3H3. The van der Waals surface area contributed by atoms with E-state index in [1.807, 2.05) is 43.3 Å². The molecule has 21 heavy (non-hydrogen) atoms. The van der Waals surface area contributed by atoms with Crippen molar-refractivity contribution in [1.82, 2.24) is 4.31 Å². The van der Waals surface area contributed by atoms with Gasteiger partial charge in [0.15, 0.2) is 0 Å². The first-order valence-electron chi connectivity index (χ1n) is 7.48. The fraction of sp³-hybridized carbons (Fsp3) is 0.412. The van der Waals surface area contributed by atoms with Gasteiger partial charge in [0, 0.05) is 18.5 Å². The van der Waals surface area contributed by atoms with Crippen molar-refractivity contribution in [2.75, 3.05) is 13.1 Å². The van der Waals surface area contributed by atoms with Crippen LogP contribution < -0.4 is 0 Å². The van der Waals surface area contributed by atoms with Crippen molar-refractivity contribution in [3.05, 3.63) is 42.5 Å². The smallest absolute Gasteiger partial charge is 0.207 e. The lowest BCUT2D eigenvalue weighted by molar-refractivity contribution is 0.362. The normalized spacial score (nSPS) is 13.7. The summed E-state index contributed by atoms with van der Waals surface area (Å²) in [5.41, 5.74) is 0. The second-order valence-electron chi connectivity index (χ2n) is 5.45. The Bertz CT molecular complexity index is 704. The highest BCUT2D eigenvalue weighted by Gasteiger charge is 2.25. The molecule has 0 aliphatic rings. The lowest BCUT2D eigenvalue weighted by Crippen LogP contribution is -2.34. The molecule has 2 aromatic carbocycles. The molecule has 3 nitrogen and oxygen atoms in total. The minimum absolute atomic E-state index is 0.356.